The largest absolute Gasteiger partial charge is 0.707 e. The lowest BCUT2D eigenvalue weighted by Crippen LogP contribution is -2.21. The van der Waals surface area contributed by atoms with Gasteiger partial charge in [0.05, 0.1) is 5.69 Å². The highest BCUT2D eigenvalue weighted by atomic mass is 16.6. The maximum atomic E-state index is 8.53. The van der Waals surface area contributed by atoms with Crippen LogP contribution in [0.4, 0.5) is 5.69 Å². The first-order valence-corrected chi connectivity index (χ1v) is 3.53. The van der Waals surface area contributed by atoms with E-state index in [1.165, 1.54) is 0 Å². The number of anilines is 1. The SMILES string of the molecule is CNc1ccccc1OB(O)O. The van der Waals surface area contributed by atoms with E-state index in [9.17, 15) is 0 Å². The van der Waals surface area contributed by atoms with Crippen LogP contribution in [0.5, 0.6) is 5.75 Å². The van der Waals surface area contributed by atoms with E-state index in [4.69, 9.17) is 10.0 Å². The summed E-state index contributed by atoms with van der Waals surface area (Å²) in [5.41, 5.74) is 0.714. The molecule has 3 N–H and O–H groups in total. The molecule has 5 heteroatoms. The first-order valence-electron chi connectivity index (χ1n) is 3.53. The van der Waals surface area contributed by atoms with E-state index in [1.807, 2.05) is 6.07 Å². The predicted octanol–water partition coefficient (Wildman–Crippen LogP) is 0.0766. The van der Waals surface area contributed by atoms with Crippen LogP contribution in [0.3, 0.4) is 0 Å². The third-order valence-corrected chi connectivity index (χ3v) is 1.39. The molecular weight excluding hydrogens is 157 g/mol. The third-order valence-electron chi connectivity index (χ3n) is 1.39. The van der Waals surface area contributed by atoms with Gasteiger partial charge in [-0.1, -0.05) is 12.1 Å². The molecule has 0 unspecified atom stereocenters. The Balaban J connectivity index is 2.82. The lowest BCUT2D eigenvalue weighted by molar-refractivity contribution is 0.289. The summed E-state index contributed by atoms with van der Waals surface area (Å²) in [4.78, 5) is 0. The van der Waals surface area contributed by atoms with Crippen LogP contribution in [0.15, 0.2) is 24.3 Å². The molecule has 0 aliphatic carbocycles. The minimum Gasteiger partial charge on any atom is -0.510 e. The summed E-state index contributed by atoms with van der Waals surface area (Å²) < 4.78 is 4.68. The normalized spacial score (nSPS) is 9.25. The van der Waals surface area contributed by atoms with Gasteiger partial charge < -0.3 is 20.0 Å². The maximum absolute atomic E-state index is 8.53. The molecule has 1 rings (SSSR count). The summed E-state index contributed by atoms with van der Waals surface area (Å²) in [6.45, 7) is 0. The van der Waals surface area contributed by atoms with Crippen molar-refractivity contribution in [1.29, 1.82) is 0 Å². The third kappa shape index (κ3) is 2.15. The number of benzene rings is 1. The van der Waals surface area contributed by atoms with E-state index in [1.54, 1.807) is 25.2 Å². The van der Waals surface area contributed by atoms with E-state index in [0.717, 1.165) is 0 Å². The van der Waals surface area contributed by atoms with Crippen molar-refractivity contribution < 1.29 is 14.7 Å². The first kappa shape index (κ1) is 8.90. The molecule has 0 amide bonds. The van der Waals surface area contributed by atoms with Gasteiger partial charge in [0, 0.05) is 7.05 Å². The Morgan fingerprint density at radius 3 is 2.58 bits per heavy atom. The minimum atomic E-state index is -1.78. The summed E-state index contributed by atoms with van der Waals surface area (Å²) in [6, 6.07) is 6.99. The zero-order chi connectivity index (χ0) is 8.97. The van der Waals surface area contributed by atoms with Crippen molar-refractivity contribution in [2.24, 2.45) is 0 Å². The van der Waals surface area contributed by atoms with Crippen LogP contribution in [0.25, 0.3) is 0 Å². The summed E-state index contributed by atoms with van der Waals surface area (Å²) in [5.74, 6) is 0.412. The fraction of sp³-hybridized carbons (Fsp3) is 0.143. The second kappa shape index (κ2) is 3.99. The molecule has 1 aromatic carbocycles. The van der Waals surface area contributed by atoms with E-state index < -0.39 is 7.32 Å². The smallest absolute Gasteiger partial charge is 0.510 e. The molecule has 0 aliphatic rings. The van der Waals surface area contributed by atoms with Crippen LogP contribution in [-0.4, -0.2) is 24.4 Å². The van der Waals surface area contributed by atoms with Crippen LogP contribution in [0.1, 0.15) is 0 Å². The van der Waals surface area contributed by atoms with Crippen molar-refractivity contribution in [1.82, 2.24) is 0 Å². The van der Waals surface area contributed by atoms with Crippen LogP contribution in [0.2, 0.25) is 0 Å². The van der Waals surface area contributed by atoms with Gasteiger partial charge in [-0.25, -0.2) is 0 Å². The summed E-state index contributed by atoms with van der Waals surface area (Å²) >= 11 is 0. The van der Waals surface area contributed by atoms with Crippen molar-refractivity contribution in [2.75, 3.05) is 12.4 Å². The van der Waals surface area contributed by atoms with Crippen LogP contribution in [0, 0.1) is 0 Å². The fourth-order valence-corrected chi connectivity index (χ4v) is 0.890. The van der Waals surface area contributed by atoms with Gasteiger partial charge in [0.25, 0.3) is 0 Å². The van der Waals surface area contributed by atoms with E-state index in [-0.39, 0.29) is 0 Å². The molecule has 0 bridgehead atoms. The second-order valence-corrected chi connectivity index (χ2v) is 2.19. The zero-order valence-corrected chi connectivity index (χ0v) is 6.69. The minimum absolute atomic E-state index is 0.412. The molecule has 1 aromatic rings. The maximum Gasteiger partial charge on any atom is 0.707 e. The Morgan fingerprint density at radius 2 is 2.00 bits per heavy atom. The predicted molar refractivity (Wildman–Crippen MR) is 46.8 cm³/mol. The van der Waals surface area contributed by atoms with Crippen LogP contribution >= 0.6 is 0 Å². The van der Waals surface area contributed by atoms with Crippen molar-refractivity contribution in [3.8, 4) is 5.75 Å². The lowest BCUT2D eigenvalue weighted by atomic mass is 10.2. The average Bonchev–Trinajstić information content (AvgIpc) is 2.04. The van der Waals surface area contributed by atoms with Gasteiger partial charge >= 0.3 is 7.32 Å². The number of hydrogen-bond acceptors (Lipinski definition) is 4. The Kier molecular flexibility index (Phi) is 2.96. The molecule has 0 radical (unpaired) electrons. The fourth-order valence-electron chi connectivity index (χ4n) is 0.890. The quantitative estimate of drug-likeness (QED) is 0.557. The summed E-state index contributed by atoms with van der Waals surface area (Å²) in [6.07, 6.45) is 0. The molecular formula is C7H10BNO3. The summed E-state index contributed by atoms with van der Waals surface area (Å²) in [7, 11) is -0.0501. The van der Waals surface area contributed by atoms with Crippen molar-refractivity contribution >= 4 is 13.0 Å². The molecule has 0 heterocycles. The van der Waals surface area contributed by atoms with Gasteiger partial charge in [-0.2, -0.15) is 0 Å². The number of para-hydroxylation sites is 2. The standard InChI is InChI=1S/C7H10BNO3/c1-9-6-4-2-3-5-7(6)12-8(10)11/h2-5,9-11H,1H3. The Morgan fingerprint density at radius 1 is 1.33 bits per heavy atom. The molecule has 0 aliphatic heterocycles. The van der Waals surface area contributed by atoms with E-state index in [0.29, 0.717) is 11.4 Å². The van der Waals surface area contributed by atoms with Crippen molar-refractivity contribution in [2.45, 2.75) is 0 Å². The monoisotopic (exact) mass is 167 g/mol. The molecule has 64 valence electrons. The molecule has 0 saturated carbocycles. The average molecular weight is 167 g/mol. The lowest BCUT2D eigenvalue weighted by Gasteiger charge is -2.09. The van der Waals surface area contributed by atoms with Crippen molar-refractivity contribution in [3.05, 3.63) is 24.3 Å². The molecule has 0 spiro atoms. The van der Waals surface area contributed by atoms with Crippen LogP contribution < -0.4 is 9.97 Å². The number of hydrogen-bond donors (Lipinski definition) is 3. The number of rotatable bonds is 3. The highest BCUT2D eigenvalue weighted by Gasteiger charge is 2.12. The Hall–Kier alpha value is -1.20. The molecule has 0 atom stereocenters. The Bertz CT molecular complexity index is 254. The number of nitrogens with one attached hydrogen (secondary N) is 1. The molecule has 4 nitrogen and oxygen atoms in total. The van der Waals surface area contributed by atoms with Gasteiger partial charge in [-0.05, 0) is 12.1 Å². The highest BCUT2D eigenvalue weighted by Crippen LogP contribution is 2.22. The molecule has 0 saturated heterocycles. The molecule has 0 aromatic heterocycles. The summed E-state index contributed by atoms with van der Waals surface area (Å²) in [5, 5.41) is 19.9. The van der Waals surface area contributed by atoms with E-state index in [2.05, 4.69) is 9.97 Å². The first-order chi connectivity index (χ1) is 5.74. The Labute approximate surface area is 71.0 Å². The second-order valence-electron chi connectivity index (χ2n) is 2.19. The molecule has 0 fully saturated rings. The zero-order valence-electron chi connectivity index (χ0n) is 6.69. The van der Waals surface area contributed by atoms with Crippen molar-refractivity contribution in [3.63, 3.8) is 0 Å². The van der Waals surface area contributed by atoms with Gasteiger partial charge in [0.15, 0.2) is 0 Å². The molecule has 12 heavy (non-hydrogen) atoms. The van der Waals surface area contributed by atoms with Gasteiger partial charge in [-0.3, -0.25) is 0 Å². The highest BCUT2D eigenvalue weighted by molar-refractivity contribution is 6.33. The topological polar surface area (TPSA) is 61.7 Å². The van der Waals surface area contributed by atoms with Gasteiger partial charge in [0.2, 0.25) is 0 Å². The van der Waals surface area contributed by atoms with Gasteiger partial charge in [-0.15, -0.1) is 0 Å². The van der Waals surface area contributed by atoms with Gasteiger partial charge in [0.1, 0.15) is 5.75 Å². The van der Waals surface area contributed by atoms with E-state index >= 15 is 0 Å². The van der Waals surface area contributed by atoms with Crippen LogP contribution in [-0.2, 0) is 0 Å².